The van der Waals surface area contributed by atoms with Crippen LogP contribution in [-0.2, 0) is 19.6 Å². The number of ether oxygens (including phenoxy) is 1. The first-order valence-electron chi connectivity index (χ1n) is 9.87. The molecule has 1 heterocycles. The fourth-order valence-corrected chi connectivity index (χ4v) is 4.77. The van der Waals surface area contributed by atoms with E-state index in [4.69, 9.17) is 4.74 Å². The van der Waals surface area contributed by atoms with Crippen LogP contribution in [0, 0.1) is 12.8 Å². The maximum Gasteiger partial charge on any atom is 0.408 e. The topological polar surface area (TPSA) is 114 Å². The lowest BCUT2D eigenvalue weighted by molar-refractivity contribution is -0.170. The molecule has 0 aromatic heterocycles. The highest BCUT2D eigenvalue weighted by Crippen LogP contribution is 2.30. The van der Waals surface area contributed by atoms with E-state index >= 15 is 0 Å². The van der Waals surface area contributed by atoms with Crippen molar-refractivity contribution in [2.75, 3.05) is 17.1 Å². The zero-order valence-electron chi connectivity index (χ0n) is 17.7. The van der Waals surface area contributed by atoms with Gasteiger partial charge in [0.25, 0.3) is 10.0 Å². The van der Waals surface area contributed by atoms with Crippen molar-refractivity contribution < 1.29 is 35.9 Å². The fourth-order valence-electron chi connectivity index (χ4n) is 3.43. The normalized spacial score (nSPS) is 18.9. The molecule has 12 heteroatoms. The number of halogens is 3. The van der Waals surface area contributed by atoms with Gasteiger partial charge in [0.1, 0.15) is 17.7 Å². The van der Waals surface area contributed by atoms with Crippen molar-refractivity contribution in [3.8, 4) is 5.75 Å². The van der Waals surface area contributed by atoms with Gasteiger partial charge in [0.2, 0.25) is 11.8 Å². The third-order valence-electron chi connectivity index (χ3n) is 5.19. The number of benzene rings is 2. The number of hydrogen-bond acceptors (Lipinski definition) is 5. The zero-order chi connectivity index (χ0) is 24.4. The van der Waals surface area contributed by atoms with E-state index in [-0.39, 0.29) is 22.7 Å². The lowest BCUT2D eigenvalue weighted by atomic mass is 9.92. The SMILES string of the molecule is COc1ccccc1NS(=O)(=O)c1cc(NC(=O)C2CCC(C(F)(F)F)NC2=O)ccc1C. The fraction of sp³-hybridized carbons (Fsp3) is 0.333. The lowest BCUT2D eigenvalue weighted by Crippen LogP contribution is -2.53. The first-order chi connectivity index (χ1) is 15.4. The smallest absolute Gasteiger partial charge is 0.408 e. The van der Waals surface area contributed by atoms with Gasteiger partial charge in [-0.15, -0.1) is 0 Å². The summed E-state index contributed by atoms with van der Waals surface area (Å²) in [5.74, 6) is -2.86. The van der Waals surface area contributed by atoms with Crippen molar-refractivity contribution in [1.29, 1.82) is 0 Å². The molecule has 3 rings (SSSR count). The van der Waals surface area contributed by atoms with Crippen LogP contribution in [0.25, 0.3) is 0 Å². The molecule has 178 valence electrons. The monoisotopic (exact) mass is 485 g/mol. The van der Waals surface area contributed by atoms with Gasteiger partial charge < -0.3 is 15.4 Å². The van der Waals surface area contributed by atoms with Crippen LogP contribution in [0.4, 0.5) is 24.5 Å². The van der Waals surface area contributed by atoms with Crippen LogP contribution in [0.3, 0.4) is 0 Å². The molecule has 1 aliphatic rings. The maximum atomic E-state index is 13.0. The molecule has 2 amide bonds. The Labute approximate surface area is 188 Å². The highest BCUT2D eigenvalue weighted by molar-refractivity contribution is 7.92. The van der Waals surface area contributed by atoms with Crippen molar-refractivity contribution in [2.45, 2.75) is 36.9 Å². The molecule has 1 aliphatic heterocycles. The van der Waals surface area contributed by atoms with Gasteiger partial charge in [-0.1, -0.05) is 18.2 Å². The molecule has 2 aromatic rings. The van der Waals surface area contributed by atoms with Crippen molar-refractivity contribution >= 4 is 33.2 Å². The number of amides is 2. The second-order valence-corrected chi connectivity index (χ2v) is 9.16. The molecule has 8 nitrogen and oxygen atoms in total. The van der Waals surface area contributed by atoms with E-state index in [9.17, 15) is 31.2 Å². The number of carbonyl (C=O) groups is 2. The summed E-state index contributed by atoms with van der Waals surface area (Å²) >= 11 is 0. The van der Waals surface area contributed by atoms with E-state index in [0.717, 1.165) is 0 Å². The standard InChI is InChI=1S/C21H22F3N3O5S/c1-12-7-8-13(25-19(28)14-9-10-18(21(22,23)24)26-20(14)29)11-17(12)33(30,31)27-15-5-3-4-6-16(15)32-2/h3-8,11,14,18,27H,9-10H2,1-2H3,(H,25,28)(H,26,29). The van der Waals surface area contributed by atoms with Gasteiger partial charge >= 0.3 is 6.18 Å². The number of aryl methyl sites for hydroxylation is 1. The maximum absolute atomic E-state index is 13.0. The van der Waals surface area contributed by atoms with Gasteiger partial charge in [0.05, 0.1) is 17.7 Å². The number of methoxy groups -OCH3 is 1. The molecule has 2 atom stereocenters. The summed E-state index contributed by atoms with van der Waals surface area (Å²) in [5, 5.41) is 4.24. The second-order valence-electron chi connectivity index (χ2n) is 7.51. The largest absolute Gasteiger partial charge is 0.495 e. The Hall–Kier alpha value is -3.28. The van der Waals surface area contributed by atoms with Crippen LogP contribution < -0.4 is 20.1 Å². The summed E-state index contributed by atoms with van der Waals surface area (Å²) < 4.78 is 71.9. The molecule has 1 saturated heterocycles. The van der Waals surface area contributed by atoms with Crippen molar-refractivity contribution in [1.82, 2.24) is 5.32 Å². The average Bonchev–Trinajstić information content (AvgIpc) is 2.74. The number of nitrogens with one attached hydrogen (secondary N) is 3. The van der Waals surface area contributed by atoms with E-state index in [1.54, 1.807) is 25.1 Å². The number of sulfonamides is 1. The molecule has 0 saturated carbocycles. The summed E-state index contributed by atoms with van der Waals surface area (Å²) in [6.45, 7) is 1.56. The molecular formula is C21H22F3N3O5S. The van der Waals surface area contributed by atoms with E-state index < -0.39 is 46.4 Å². The Morgan fingerprint density at radius 3 is 2.48 bits per heavy atom. The summed E-state index contributed by atoms with van der Waals surface area (Å²) in [6.07, 6.45) is -5.30. The minimum atomic E-state index is -4.59. The second kappa shape index (κ2) is 9.30. The summed E-state index contributed by atoms with van der Waals surface area (Å²) in [5.41, 5.74) is 0.683. The number of alkyl halides is 3. The highest BCUT2D eigenvalue weighted by Gasteiger charge is 2.45. The first kappa shape index (κ1) is 24.4. The number of rotatable bonds is 6. The molecule has 1 fully saturated rings. The Morgan fingerprint density at radius 1 is 1.15 bits per heavy atom. The van der Waals surface area contributed by atoms with E-state index in [1.165, 1.54) is 31.4 Å². The predicted molar refractivity (Wildman–Crippen MR) is 114 cm³/mol. The van der Waals surface area contributed by atoms with Crippen molar-refractivity contribution in [2.24, 2.45) is 5.92 Å². The predicted octanol–water partition coefficient (Wildman–Crippen LogP) is 3.20. The van der Waals surface area contributed by atoms with Gasteiger partial charge in [0.15, 0.2) is 0 Å². The van der Waals surface area contributed by atoms with E-state index in [1.807, 2.05) is 5.32 Å². The Bertz CT molecular complexity index is 1170. The zero-order valence-corrected chi connectivity index (χ0v) is 18.5. The Balaban J connectivity index is 1.78. The van der Waals surface area contributed by atoms with Crippen LogP contribution in [-0.4, -0.2) is 39.6 Å². The molecule has 0 radical (unpaired) electrons. The number of piperidine rings is 1. The third kappa shape index (κ3) is 5.56. The minimum absolute atomic E-state index is 0.0803. The van der Waals surface area contributed by atoms with Crippen LogP contribution in [0.2, 0.25) is 0 Å². The lowest BCUT2D eigenvalue weighted by Gasteiger charge is -2.29. The van der Waals surface area contributed by atoms with Crippen molar-refractivity contribution in [3.63, 3.8) is 0 Å². The van der Waals surface area contributed by atoms with Gasteiger partial charge in [-0.2, -0.15) is 13.2 Å². The molecule has 0 bridgehead atoms. The number of anilines is 2. The van der Waals surface area contributed by atoms with Gasteiger partial charge in [0, 0.05) is 5.69 Å². The van der Waals surface area contributed by atoms with Gasteiger partial charge in [-0.3, -0.25) is 14.3 Å². The summed E-state index contributed by atoms with van der Waals surface area (Å²) in [4.78, 5) is 24.4. The number of para-hydroxylation sites is 2. The Kier molecular flexibility index (Phi) is 6.86. The summed E-state index contributed by atoms with van der Waals surface area (Å²) in [7, 11) is -2.68. The van der Waals surface area contributed by atoms with E-state index in [0.29, 0.717) is 11.3 Å². The molecule has 0 spiro atoms. The third-order valence-corrected chi connectivity index (χ3v) is 6.69. The highest BCUT2D eigenvalue weighted by atomic mass is 32.2. The number of hydrogen-bond donors (Lipinski definition) is 3. The molecule has 33 heavy (non-hydrogen) atoms. The number of carbonyl (C=O) groups excluding carboxylic acids is 2. The molecule has 2 aromatic carbocycles. The van der Waals surface area contributed by atoms with Crippen LogP contribution >= 0.6 is 0 Å². The minimum Gasteiger partial charge on any atom is -0.495 e. The summed E-state index contributed by atoms with van der Waals surface area (Å²) in [6, 6.07) is 8.53. The van der Waals surface area contributed by atoms with Crippen LogP contribution in [0.5, 0.6) is 5.75 Å². The molecule has 2 unspecified atom stereocenters. The first-order valence-corrected chi connectivity index (χ1v) is 11.3. The molecule has 0 aliphatic carbocycles. The quantitative estimate of drug-likeness (QED) is 0.544. The van der Waals surface area contributed by atoms with E-state index in [2.05, 4.69) is 10.0 Å². The Morgan fingerprint density at radius 2 is 1.85 bits per heavy atom. The average molecular weight is 485 g/mol. The van der Waals surface area contributed by atoms with Crippen LogP contribution in [0.1, 0.15) is 18.4 Å². The van der Waals surface area contributed by atoms with Crippen molar-refractivity contribution in [3.05, 3.63) is 48.0 Å². The van der Waals surface area contributed by atoms with Crippen LogP contribution in [0.15, 0.2) is 47.4 Å². The molecular weight excluding hydrogens is 463 g/mol. The van der Waals surface area contributed by atoms with Gasteiger partial charge in [-0.05, 0) is 49.6 Å². The van der Waals surface area contributed by atoms with Gasteiger partial charge in [-0.25, -0.2) is 8.42 Å². The molecule has 3 N–H and O–H groups in total.